The molecular formula is C28H28F2N2O4. The highest BCUT2D eigenvalue weighted by Crippen LogP contribution is 2.32. The number of rotatable bonds is 11. The number of fused-ring (bicyclic) bond motifs is 1. The fourth-order valence-corrected chi connectivity index (χ4v) is 4.20. The molecule has 0 fully saturated rings. The zero-order chi connectivity index (χ0) is 25.5. The third kappa shape index (κ3) is 5.94. The monoisotopic (exact) mass is 494 g/mol. The summed E-state index contributed by atoms with van der Waals surface area (Å²) in [4.78, 5) is 16.1. The van der Waals surface area contributed by atoms with Crippen LogP contribution in [0.15, 0.2) is 66.7 Å². The maximum Gasteiger partial charge on any atom is 0.387 e. The van der Waals surface area contributed by atoms with Gasteiger partial charge in [-0.25, -0.2) is 0 Å². The fraction of sp³-hybridized carbons (Fsp3) is 0.250. The highest BCUT2D eigenvalue weighted by atomic mass is 19.3. The van der Waals surface area contributed by atoms with E-state index < -0.39 is 6.61 Å². The van der Waals surface area contributed by atoms with Crippen LogP contribution in [-0.2, 0) is 17.6 Å². The van der Waals surface area contributed by atoms with Gasteiger partial charge in [0.15, 0.2) is 11.5 Å². The van der Waals surface area contributed by atoms with Crippen LogP contribution >= 0.6 is 0 Å². The molecule has 0 atom stereocenters. The Morgan fingerprint density at radius 2 is 1.72 bits per heavy atom. The summed E-state index contributed by atoms with van der Waals surface area (Å²) in [6.45, 7) is -2.57. The number of methoxy groups -OCH3 is 2. The molecule has 36 heavy (non-hydrogen) atoms. The number of hydrogen-bond donors (Lipinski definition) is 2. The Balaban J connectivity index is 1.40. The van der Waals surface area contributed by atoms with Crippen LogP contribution in [-0.4, -0.2) is 38.3 Å². The molecule has 2 N–H and O–H groups in total. The minimum absolute atomic E-state index is 0.0262. The minimum Gasteiger partial charge on any atom is -0.497 e. The molecule has 0 bridgehead atoms. The SMILES string of the molecule is COc1ccc(-c2[nH]c3ccccc3c2CCC(=O)NCCc2ccc(OC)c(OC(F)F)c2)cc1. The van der Waals surface area contributed by atoms with Gasteiger partial charge in [-0.3, -0.25) is 4.79 Å². The number of alkyl halides is 2. The van der Waals surface area contributed by atoms with Gasteiger partial charge in [0.25, 0.3) is 0 Å². The number of carbonyl (C=O) groups excluding carboxylic acids is 1. The molecule has 0 aliphatic carbocycles. The number of H-pyrrole nitrogens is 1. The second kappa shape index (κ2) is 11.6. The number of carbonyl (C=O) groups is 1. The number of ether oxygens (including phenoxy) is 3. The largest absolute Gasteiger partial charge is 0.497 e. The standard InChI is InChI=1S/C28H28F2N2O4/c1-34-20-10-8-19(9-11-20)27-22(21-5-3-4-6-23(21)32-27)12-14-26(33)31-16-15-18-7-13-24(35-2)25(17-18)36-28(29)30/h3-11,13,17,28,32H,12,14-16H2,1-2H3,(H,31,33). The lowest BCUT2D eigenvalue weighted by Gasteiger charge is -2.12. The Bertz CT molecular complexity index is 1320. The summed E-state index contributed by atoms with van der Waals surface area (Å²) in [5, 5.41) is 4.00. The van der Waals surface area contributed by atoms with Gasteiger partial charge in [-0.15, -0.1) is 0 Å². The third-order valence-electron chi connectivity index (χ3n) is 5.97. The van der Waals surface area contributed by atoms with Crippen LogP contribution in [0.25, 0.3) is 22.2 Å². The number of amides is 1. The molecule has 0 saturated carbocycles. The van der Waals surface area contributed by atoms with Crippen LogP contribution in [0.1, 0.15) is 17.5 Å². The molecule has 0 aliphatic heterocycles. The zero-order valence-corrected chi connectivity index (χ0v) is 20.1. The average Bonchev–Trinajstić information content (AvgIpc) is 3.26. The first-order chi connectivity index (χ1) is 17.5. The number of hydrogen-bond acceptors (Lipinski definition) is 4. The number of nitrogens with one attached hydrogen (secondary N) is 2. The molecule has 0 radical (unpaired) electrons. The number of para-hydroxylation sites is 1. The van der Waals surface area contributed by atoms with Crippen molar-refractivity contribution in [2.24, 2.45) is 0 Å². The summed E-state index contributed by atoms with van der Waals surface area (Å²) in [5.74, 6) is 0.898. The highest BCUT2D eigenvalue weighted by Gasteiger charge is 2.15. The number of aromatic nitrogens is 1. The number of benzene rings is 3. The molecule has 3 aromatic carbocycles. The van der Waals surface area contributed by atoms with Gasteiger partial charge in [-0.2, -0.15) is 8.78 Å². The normalized spacial score (nSPS) is 11.0. The van der Waals surface area contributed by atoms with Crippen molar-refractivity contribution >= 4 is 16.8 Å². The van der Waals surface area contributed by atoms with Crippen molar-refractivity contribution in [2.45, 2.75) is 25.9 Å². The van der Waals surface area contributed by atoms with E-state index in [0.29, 0.717) is 25.8 Å². The van der Waals surface area contributed by atoms with E-state index >= 15 is 0 Å². The summed E-state index contributed by atoms with van der Waals surface area (Å²) in [7, 11) is 3.02. The molecule has 0 unspecified atom stereocenters. The van der Waals surface area contributed by atoms with Gasteiger partial charge >= 0.3 is 6.61 Å². The molecule has 1 heterocycles. The zero-order valence-electron chi connectivity index (χ0n) is 20.1. The molecule has 1 amide bonds. The Morgan fingerprint density at radius 1 is 0.944 bits per heavy atom. The van der Waals surface area contributed by atoms with Gasteiger partial charge in [0, 0.05) is 29.6 Å². The number of aryl methyl sites for hydroxylation is 1. The van der Waals surface area contributed by atoms with Crippen LogP contribution in [0.2, 0.25) is 0 Å². The highest BCUT2D eigenvalue weighted by molar-refractivity contribution is 5.91. The van der Waals surface area contributed by atoms with Crippen molar-refractivity contribution in [2.75, 3.05) is 20.8 Å². The lowest BCUT2D eigenvalue weighted by Crippen LogP contribution is -2.25. The smallest absolute Gasteiger partial charge is 0.387 e. The Hall–Kier alpha value is -4.07. The Labute approximate surface area is 208 Å². The fourth-order valence-electron chi connectivity index (χ4n) is 4.20. The second-order valence-electron chi connectivity index (χ2n) is 8.22. The lowest BCUT2D eigenvalue weighted by molar-refractivity contribution is -0.121. The van der Waals surface area contributed by atoms with Crippen molar-refractivity contribution in [1.29, 1.82) is 0 Å². The van der Waals surface area contributed by atoms with Gasteiger partial charge in [0.1, 0.15) is 5.75 Å². The first-order valence-electron chi connectivity index (χ1n) is 11.6. The summed E-state index contributed by atoms with van der Waals surface area (Å²) in [5.41, 5.74) is 4.85. The molecule has 8 heteroatoms. The van der Waals surface area contributed by atoms with Crippen molar-refractivity contribution < 1.29 is 27.8 Å². The molecule has 188 valence electrons. The van der Waals surface area contributed by atoms with Crippen molar-refractivity contribution in [3.05, 3.63) is 77.9 Å². The number of halogens is 2. The topological polar surface area (TPSA) is 72.6 Å². The van der Waals surface area contributed by atoms with E-state index in [4.69, 9.17) is 9.47 Å². The summed E-state index contributed by atoms with van der Waals surface area (Å²) in [6.07, 6.45) is 1.35. The van der Waals surface area contributed by atoms with Gasteiger partial charge < -0.3 is 24.5 Å². The van der Waals surface area contributed by atoms with E-state index in [2.05, 4.69) is 21.1 Å². The van der Waals surface area contributed by atoms with E-state index in [1.165, 1.54) is 13.2 Å². The predicted octanol–water partition coefficient (Wildman–Crippen LogP) is 5.75. The molecule has 0 aliphatic rings. The minimum atomic E-state index is -2.94. The van der Waals surface area contributed by atoms with Crippen molar-refractivity contribution in [1.82, 2.24) is 10.3 Å². The maximum atomic E-state index is 12.7. The molecule has 0 spiro atoms. The summed E-state index contributed by atoms with van der Waals surface area (Å²) >= 11 is 0. The Morgan fingerprint density at radius 3 is 2.44 bits per heavy atom. The van der Waals surface area contributed by atoms with Crippen LogP contribution < -0.4 is 19.5 Å². The van der Waals surface area contributed by atoms with Crippen molar-refractivity contribution in [3.63, 3.8) is 0 Å². The first kappa shape index (κ1) is 25.0. The maximum absolute atomic E-state index is 12.7. The average molecular weight is 495 g/mol. The van der Waals surface area contributed by atoms with Crippen LogP contribution in [0.5, 0.6) is 17.2 Å². The van der Waals surface area contributed by atoms with Crippen molar-refractivity contribution in [3.8, 4) is 28.5 Å². The van der Waals surface area contributed by atoms with Gasteiger partial charge in [0.2, 0.25) is 5.91 Å². The van der Waals surface area contributed by atoms with Crippen LogP contribution in [0, 0.1) is 0 Å². The van der Waals surface area contributed by atoms with E-state index in [9.17, 15) is 13.6 Å². The molecule has 1 aromatic heterocycles. The van der Waals surface area contributed by atoms with Gasteiger partial charge in [0.05, 0.1) is 14.2 Å². The van der Waals surface area contributed by atoms with E-state index in [0.717, 1.165) is 39.0 Å². The summed E-state index contributed by atoms with van der Waals surface area (Å²) < 4.78 is 40.2. The first-order valence-corrected chi connectivity index (χ1v) is 11.6. The molecule has 6 nitrogen and oxygen atoms in total. The van der Waals surface area contributed by atoms with Gasteiger partial charge in [-0.05, 0) is 72.0 Å². The van der Waals surface area contributed by atoms with Crippen LogP contribution in [0.3, 0.4) is 0 Å². The predicted molar refractivity (Wildman–Crippen MR) is 135 cm³/mol. The molecule has 4 rings (SSSR count). The number of aromatic amines is 1. The van der Waals surface area contributed by atoms with E-state index in [-0.39, 0.29) is 17.4 Å². The molecule has 0 saturated heterocycles. The quantitative estimate of drug-likeness (QED) is 0.279. The molecule has 4 aromatic rings. The van der Waals surface area contributed by atoms with Gasteiger partial charge in [-0.1, -0.05) is 24.3 Å². The Kier molecular flexibility index (Phi) is 8.05. The van der Waals surface area contributed by atoms with Crippen LogP contribution in [0.4, 0.5) is 8.78 Å². The van der Waals surface area contributed by atoms with E-state index in [1.54, 1.807) is 19.2 Å². The molecular weight excluding hydrogens is 466 g/mol. The van der Waals surface area contributed by atoms with E-state index in [1.807, 2.05) is 42.5 Å². The lowest BCUT2D eigenvalue weighted by atomic mass is 10.0. The summed E-state index contributed by atoms with van der Waals surface area (Å²) in [6, 6.07) is 20.7. The third-order valence-corrected chi connectivity index (χ3v) is 5.97. The second-order valence-corrected chi connectivity index (χ2v) is 8.22.